The van der Waals surface area contributed by atoms with Gasteiger partial charge in [0.05, 0.1) is 6.07 Å². The lowest BCUT2D eigenvalue weighted by Crippen LogP contribution is -2.02. The van der Waals surface area contributed by atoms with E-state index in [9.17, 15) is 4.39 Å². The van der Waals surface area contributed by atoms with Crippen LogP contribution in [0, 0.1) is 17.1 Å². The molecule has 2 heteroatoms. The molecular formula is C23H24FN. The first-order valence-corrected chi connectivity index (χ1v) is 8.96. The fourth-order valence-corrected chi connectivity index (χ4v) is 3.80. The predicted molar refractivity (Wildman–Crippen MR) is 101 cm³/mol. The van der Waals surface area contributed by atoms with Crippen LogP contribution in [0.15, 0.2) is 48.0 Å². The van der Waals surface area contributed by atoms with Gasteiger partial charge in [-0.05, 0) is 65.6 Å². The minimum atomic E-state index is -0.206. The van der Waals surface area contributed by atoms with Crippen molar-refractivity contribution in [3.63, 3.8) is 0 Å². The standard InChI is InChI=1S/C23H24FN/c1-15(2)18-8-6-17(7-9-18)13-22-16(3)20(5-4-12-25)23-14-19(24)10-11-21(22)23/h6-11,14-15,22H,4-5,13H2,1-3H3. The maximum Gasteiger partial charge on any atom is 0.123 e. The van der Waals surface area contributed by atoms with E-state index >= 15 is 0 Å². The minimum absolute atomic E-state index is 0.206. The van der Waals surface area contributed by atoms with Gasteiger partial charge in [0.1, 0.15) is 5.82 Å². The number of allylic oxidation sites excluding steroid dienone is 2. The molecule has 0 saturated heterocycles. The molecule has 0 saturated carbocycles. The topological polar surface area (TPSA) is 23.8 Å². The maximum atomic E-state index is 13.8. The highest BCUT2D eigenvalue weighted by atomic mass is 19.1. The van der Waals surface area contributed by atoms with Crippen LogP contribution in [-0.2, 0) is 6.42 Å². The highest BCUT2D eigenvalue weighted by Gasteiger charge is 2.28. The summed E-state index contributed by atoms with van der Waals surface area (Å²) in [5.41, 5.74) is 7.27. The van der Waals surface area contributed by atoms with Crippen molar-refractivity contribution in [1.82, 2.24) is 0 Å². The Bertz CT molecular complexity index is 837. The number of hydrogen-bond donors (Lipinski definition) is 0. The van der Waals surface area contributed by atoms with Gasteiger partial charge in [0, 0.05) is 12.3 Å². The van der Waals surface area contributed by atoms with E-state index in [1.54, 1.807) is 12.1 Å². The Labute approximate surface area is 149 Å². The van der Waals surface area contributed by atoms with Crippen LogP contribution in [0.5, 0.6) is 0 Å². The van der Waals surface area contributed by atoms with Gasteiger partial charge in [-0.1, -0.05) is 49.8 Å². The van der Waals surface area contributed by atoms with E-state index in [0.717, 1.165) is 17.6 Å². The molecule has 2 aromatic carbocycles. The number of benzene rings is 2. The number of hydrogen-bond acceptors (Lipinski definition) is 1. The fourth-order valence-electron chi connectivity index (χ4n) is 3.80. The Balaban J connectivity index is 1.93. The summed E-state index contributed by atoms with van der Waals surface area (Å²) in [6.07, 6.45) is 2.08. The summed E-state index contributed by atoms with van der Waals surface area (Å²) >= 11 is 0. The Morgan fingerprint density at radius 1 is 1.12 bits per heavy atom. The summed E-state index contributed by atoms with van der Waals surface area (Å²) in [6.45, 7) is 6.54. The Morgan fingerprint density at radius 2 is 1.84 bits per heavy atom. The Hall–Kier alpha value is -2.40. The van der Waals surface area contributed by atoms with Gasteiger partial charge < -0.3 is 0 Å². The monoisotopic (exact) mass is 333 g/mol. The summed E-state index contributed by atoms with van der Waals surface area (Å²) in [4.78, 5) is 0. The summed E-state index contributed by atoms with van der Waals surface area (Å²) in [5.74, 6) is 0.598. The van der Waals surface area contributed by atoms with Crippen LogP contribution in [0.1, 0.15) is 67.7 Å². The molecule has 0 heterocycles. The quantitative estimate of drug-likeness (QED) is 0.624. The molecule has 0 bridgehead atoms. The smallest absolute Gasteiger partial charge is 0.123 e. The van der Waals surface area contributed by atoms with Crippen molar-refractivity contribution in [3.8, 4) is 6.07 Å². The summed E-state index contributed by atoms with van der Waals surface area (Å²) in [6, 6.07) is 16.1. The molecule has 0 aliphatic heterocycles. The van der Waals surface area contributed by atoms with Crippen LogP contribution >= 0.6 is 0 Å². The van der Waals surface area contributed by atoms with E-state index in [2.05, 4.69) is 51.1 Å². The lowest BCUT2D eigenvalue weighted by Gasteiger charge is -2.15. The van der Waals surface area contributed by atoms with Crippen LogP contribution in [0.3, 0.4) is 0 Å². The van der Waals surface area contributed by atoms with Crippen molar-refractivity contribution in [2.24, 2.45) is 0 Å². The third-order valence-electron chi connectivity index (χ3n) is 5.29. The van der Waals surface area contributed by atoms with Crippen molar-refractivity contribution in [2.75, 3.05) is 0 Å². The SMILES string of the molecule is CC1=C(CCC#N)c2cc(F)ccc2C1Cc1ccc(C(C)C)cc1. The summed E-state index contributed by atoms with van der Waals surface area (Å²) in [5, 5.41) is 8.94. The molecule has 0 spiro atoms. The first-order chi connectivity index (χ1) is 12.0. The third kappa shape index (κ3) is 3.51. The predicted octanol–water partition coefficient (Wildman–Crippen LogP) is 6.37. The number of nitrogens with zero attached hydrogens (tertiary/aromatic N) is 1. The van der Waals surface area contributed by atoms with Crippen LogP contribution < -0.4 is 0 Å². The van der Waals surface area contributed by atoms with Crippen molar-refractivity contribution in [2.45, 2.75) is 51.9 Å². The first-order valence-electron chi connectivity index (χ1n) is 8.96. The van der Waals surface area contributed by atoms with Gasteiger partial charge in [0.25, 0.3) is 0 Å². The average molecular weight is 333 g/mol. The van der Waals surface area contributed by atoms with E-state index in [1.807, 2.05) is 6.07 Å². The van der Waals surface area contributed by atoms with E-state index in [1.165, 1.54) is 22.3 Å². The summed E-state index contributed by atoms with van der Waals surface area (Å²) in [7, 11) is 0. The van der Waals surface area contributed by atoms with Gasteiger partial charge in [-0.3, -0.25) is 0 Å². The van der Waals surface area contributed by atoms with E-state index < -0.39 is 0 Å². The largest absolute Gasteiger partial charge is 0.207 e. The molecule has 0 radical (unpaired) electrons. The van der Waals surface area contributed by atoms with Gasteiger partial charge in [-0.2, -0.15) is 5.26 Å². The molecule has 0 aromatic heterocycles. The second-order valence-corrected chi connectivity index (χ2v) is 7.20. The molecule has 25 heavy (non-hydrogen) atoms. The Morgan fingerprint density at radius 3 is 2.48 bits per heavy atom. The maximum absolute atomic E-state index is 13.8. The normalized spacial score (nSPS) is 16.2. The molecule has 1 unspecified atom stereocenters. The van der Waals surface area contributed by atoms with Crippen LogP contribution in [0.4, 0.5) is 4.39 Å². The van der Waals surface area contributed by atoms with E-state index in [0.29, 0.717) is 18.8 Å². The molecule has 1 atom stereocenters. The fraction of sp³-hybridized carbons (Fsp3) is 0.348. The second kappa shape index (κ2) is 7.23. The molecule has 0 amide bonds. The highest BCUT2D eigenvalue weighted by molar-refractivity contribution is 5.78. The molecule has 1 nitrogen and oxygen atoms in total. The average Bonchev–Trinajstić information content (AvgIpc) is 2.84. The molecule has 3 rings (SSSR count). The lowest BCUT2D eigenvalue weighted by atomic mass is 9.89. The molecule has 1 aliphatic carbocycles. The highest BCUT2D eigenvalue weighted by Crippen LogP contribution is 2.45. The lowest BCUT2D eigenvalue weighted by molar-refractivity contribution is 0.626. The zero-order valence-corrected chi connectivity index (χ0v) is 15.1. The van der Waals surface area contributed by atoms with Crippen molar-refractivity contribution >= 4 is 5.57 Å². The number of rotatable bonds is 5. The van der Waals surface area contributed by atoms with Crippen LogP contribution in [0.2, 0.25) is 0 Å². The molecule has 128 valence electrons. The Kier molecular flexibility index (Phi) is 5.04. The zero-order chi connectivity index (χ0) is 18.0. The van der Waals surface area contributed by atoms with Gasteiger partial charge in [-0.15, -0.1) is 0 Å². The zero-order valence-electron chi connectivity index (χ0n) is 15.1. The number of nitriles is 1. The molecule has 0 fully saturated rings. The van der Waals surface area contributed by atoms with Crippen LogP contribution in [0.25, 0.3) is 5.57 Å². The van der Waals surface area contributed by atoms with Crippen molar-refractivity contribution < 1.29 is 4.39 Å². The van der Waals surface area contributed by atoms with Crippen LogP contribution in [-0.4, -0.2) is 0 Å². The minimum Gasteiger partial charge on any atom is -0.207 e. The number of halogens is 1. The van der Waals surface area contributed by atoms with E-state index in [-0.39, 0.29) is 11.7 Å². The van der Waals surface area contributed by atoms with Gasteiger partial charge in [0.2, 0.25) is 0 Å². The van der Waals surface area contributed by atoms with Crippen molar-refractivity contribution in [1.29, 1.82) is 5.26 Å². The molecule has 2 aromatic rings. The second-order valence-electron chi connectivity index (χ2n) is 7.20. The molecular weight excluding hydrogens is 309 g/mol. The van der Waals surface area contributed by atoms with E-state index in [4.69, 9.17) is 5.26 Å². The molecule has 1 aliphatic rings. The molecule has 0 N–H and O–H groups in total. The summed E-state index contributed by atoms with van der Waals surface area (Å²) < 4.78 is 13.8. The van der Waals surface area contributed by atoms with Gasteiger partial charge in [0.15, 0.2) is 0 Å². The van der Waals surface area contributed by atoms with Gasteiger partial charge in [-0.25, -0.2) is 4.39 Å². The number of fused-ring (bicyclic) bond motifs is 1. The van der Waals surface area contributed by atoms with Crippen molar-refractivity contribution in [3.05, 3.63) is 76.1 Å². The first kappa shape index (κ1) is 17.4. The van der Waals surface area contributed by atoms with Gasteiger partial charge >= 0.3 is 0 Å². The third-order valence-corrected chi connectivity index (χ3v) is 5.29.